The number of benzene rings is 1. The van der Waals surface area contributed by atoms with Crippen molar-refractivity contribution in [3.63, 3.8) is 0 Å². The summed E-state index contributed by atoms with van der Waals surface area (Å²) in [6.07, 6.45) is 3.32. The maximum Gasteiger partial charge on any atom is 0.251 e. The Labute approximate surface area is 162 Å². The fraction of sp³-hybridized carbons (Fsp3) is 0.500. The van der Waals surface area contributed by atoms with Gasteiger partial charge in [-0.2, -0.15) is 9.19 Å². The van der Waals surface area contributed by atoms with E-state index in [1.54, 1.807) is 6.20 Å². The fourth-order valence-electron chi connectivity index (χ4n) is 4.46. The highest BCUT2D eigenvalue weighted by Gasteiger charge is 2.39. The van der Waals surface area contributed by atoms with Gasteiger partial charge in [0.25, 0.3) is 10.0 Å². The lowest BCUT2D eigenvalue weighted by molar-refractivity contribution is 0.0585. The van der Waals surface area contributed by atoms with Gasteiger partial charge in [0.2, 0.25) is 0 Å². The Morgan fingerprint density at radius 2 is 2.00 bits per heavy atom. The van der Waals surface area contributed by atoms with E-state index in [0.717, 1.165) is 28.0 Å². The van der Waals surface area contributed by atoms with Gasteiger partial charge < -0.3 is 5.73 Å². The average molecular weight is 411 g/mol. The molecule has 7 nitrogen and oxygen atoms in total. The third-order valence-electron chi connectivity index (χ3n) is 5.68. The summed E-state index contributed by atoms with van der Waals surface area (Å²) < 4.78 is 52.8. The molecule has 3 heterocycles. The number of nitrogens with two attached hydrogens (primary N) is 1. The molecule has 4 rings (SSSR count). The second-order valence-electron chi connectivity index (χ2n) is 7.73. The molecule has 0 aliphatic carbocycles. The molecule has 0 saturated carbocycles. The monoisotopic (exact) mass is 411 g/mol. The maximum absolute atomic E-state index is 14.3. The summed E-state index contributed by atoms with van der Waals surface area (Å²) in [5.41, 5.74) is 8.22. The van der Waals surface area contributed by atoms with Gasteiger partial charge in [0.1, 0.15) is 11.6 Å². The van der Waals surface area contributed by atoms with Crippen molar-refractivity contribution >= 4 is 10.0 Å². The summed E-state index contributed by atoms with van der Waals surface area (Å²) in [6, 6.07) is 2.73. The lowest BCUT2D eigenvalue weighted by atomic mass is 9.88. The first-order valence-electron chi connectivity index (χ1n) is 9.06. The Bertz CT molecular complexity index is 997. The van der Waals surface area contributed by atoms with Crippen LogP contribution >= 0.6 is 0 Å². The smallest absolute Gasteiger partial charge is 0.251 e. The second-order valence-corrected chi connectivity index (χ2v) is 9.54. The van der Waals surface area contributed by atoms with Crippen LogP contribution in [-0.4, -0.2) is 59.3 Å². The van der Waals surface area contributed by atoms with Crippen LogP contribution in [0.15, 0.2) is 24.4 Å². The molecule has 2 aliphatic heterocycles. The topological polar surface area (TPSA) is 84.5 Å². The molecule has 1 saturated heterocycles. The molecule has 1 fully saturated rings. The lowest BCUT2D eigenvalue weighted by Gasteiger charge is -2.44. The van der Waals surface area contributed by atoms with E-state index < -0.39 is 27.7 Å². The van der Waals surface area contributed by atoms with Crippen LogP contribution in [0.1, 0.15) is 29.3 Å². The average Bonchev–Trinajstić information content (AvgIpc) is 3.16. The number of hydrogen-bond acceptors (Lipinski definition) is 6. The van der Waals surface area contributed by atoms with Crippen molar-refractivity contribution in [1.29, 1.82) is 0 Å². The molecule has 28 heavy (non-hydrogen) atoms. The zero-order valence-corrected chi connectivity index (χ0v) is 16.5. The Morgan fingerprint density at radius 1 is 1.25 bits per heavy atom. The number of piperidine rings is 1. The number of rotatable bonds is 3. The highest BCUT2D eigenvalue weighted by Crippen LogP contribution is 2.35. The van der Waals surface area contributed by atoms with E-state index in [1.807, 2.05) is 11.9 Å². The summed E-state index contributed by atoms with van der Waals surface area (Å²) in [5, 5.41) is 3.98. The first kappa shape index (κ1) is 19.4. The minimum absolute atomic E-state index is 0.0771. The molecule has 1 aromatic carbocycles. The third kappa shape index (κ3) is 3.34. The Balaban J connectivity index is 1.53. The summed E-state index contributed by atoms with van der Waals surface area (Å²) in [4.78, 5) is 4.12. The predicted octanol–water partition coefficient (Wildman–Crippen LogP) is 1.06. The molecule has 2 aromatic rings. The zero-order chi connectivity index (χ0) is 20.2. The van der Waals surface area contributed by atoms with Crippen molar-refractivity contribution in [2.24, 2.45) is 5.73 Å². The van der Waals surface area contributed by atoms with Crippen LogP contribution in [-0.2, 0) is 23.1 Å². The van der Waals surface area contributed by atoms with Gasteiger partial charge in [-0.15, -0.1) is 0 Å². The van der Waals surface area contributed by atoms with Gasteiger partial charge in [0.15, 0.2) is 0 Å². The van der Waals surface area contributed by atoms with Crippen molar-refractivity contribution in [2.75, 3.05) is 19.8 Å². The molecule has 0 spiro atoms. The Hall–Kier alpha value is -1.88. The molecule has 152 valence electrons. The number of nitrogens with zero attached hydrogens (tertiary/aromatic N) is 4. The van der Waals surface area contributed by atoms with Crippen LogP contribution in [0.2, 0.25) is 0 Å². The van der Waals surface area contributed by atoms with Gasteiger partial charge in [-0.3, -0.25) is 9.80 Å². The molecule has 10 heteroatoms. The Kier molecular flexibility index (Phi) is 4.77. The minimum Gasteiger partial charge on any atom is -0.326 e. The number of halogens is 2. The first-order valence-corrected chi connectivity index (χ1v) is 10.9. The van der Waals surface area contributed by atoms with E-state index >= 15 is 0 Å². The van der Waals surface area contributed by atoms with Gasteiger partial charge >= 0.3 is 0 Å². The van der Waals surface area contributed by atoms with E-state index in [9.17, 15) is 17.2 Å². The van der Waals surface area contributed by atoms with Crippen molar-refractivity contribution in [1.82, 2.24) is 19.0 Å². The summed E-state index contributed by atoms with van der Waals surface area (Å²) in [6.45, 7) is 1.67. The van der Waals surface area contributed by atoms with E-state index in [0.29, 0.717) is 31.7 Å². The van der Waals surface area contributed by atoms with Gasteiger partial charge in [-0.05, 0) is 31.7 Å². The Morgan fingerprint density at radius 3 is 2.68 bits per heavy atom. The molecular formula is C18H23F2N5O2S. The van der Waals surface area contributed by atoms with E-state index in [-0.39, 0.29) is 17.6 Å². The highest BCUT2D eigenvalue weighted by atomic mass is 32.2. The molecule has 2 aliphatic rings. The summed E-state index contributed by atoms with van der Waals surface area (Å²) in [7, 11) is -1.60. The third-order valence-corrected chi connectivity index (χ3v) is 6.62. The SMILES string of the molecule is CN1CC(N2Cc3cnn(S(C)(=O)=O)c3C2)CC(N)[C@H]1c1cc(F)ccc1F. The van der Waals surface area contributed by atoms with Gasteiger partial charge in [-0.25, -0.2) is 17.2 Å². The van der Waals surface area contributed by atoms with Crippen LogP contribution < -0.4 is 5.73 Å². The van der Waals surface area contributed by atoms with Crippen LogP contribution in [0, 0.1) is 11.6 Å². The predicted molar refractivity (Wildman–Crippen MR) is 99.8 cm³/mol. The van der Waals surface area contributed by atoms with E-state index in [4.69, 9.17) is 5.73 Å². The molecule has 0 radical (unpaired) electrons. The standard InChI is InChI=1S/C18H23F2N5O2S/c1-23-9-13(6-16(21)18(23)14-5-12(19)3-4-15(14)20)24-8-11-7-22-25(17(11)10-24)28(2,26)27/h3-5,7,13,16,18H,6,8-10,21H2,1-2H3/t13?,16?,18-/m1/s1. The van der Waals surface area contributed by atoms with Gasteiger partial charge in [0.05, 0.1) is 24.2 Å². The van der Waals surface area contributed by atoms with Crippen LogP contribution in [0.25, 0.3) is 0 Å². The number of aromatic nitrogens is 2. The van der Waals surface area contributed by atoms with Crippen molar-refractivity contribution < 1.29 is 17.2 Å². The van der Waals surface area contributed by atoms with E-state index in [1.165, 1.54) is 6.07 Å². The first-order chi connectivity index (χ1) is 13.1. The largest absolute Gasteiger partial charge is 0.326 e. The summed E-state index contributed by atoms with van der Waals surface area (Å²) >= 11 is 0. The van der Waals surface area contributed by atoms with Crippen LogP contribution in [0.3, 0.4) is 0 Å². The quantitative estimate of drug-likeness (QED) is 0.813. The molecule has 0 amide bonds. The zero-order valence-electron chi connectivity index (χ0n) is 15.7. The lowest BCUT2D eigenvalue weighted by Crippen LogP contribution is -2.54. The number of hydrogen-bond donors (Lipinski definition) is 1. The molecule has 1 aromatic heterocycles. The molecule has 3 atom stereocenters. The normalized spacial score (nSPS) is 26.5. The van der Waals surface area contributed by atoms with Crippen molar-refractivity contribution in [3.8, 4) is 0 Å². The number of fused-ring (bicyclic) bond motifs is 1. The number of likely N-dealkylation sites (tertiary alicyclic amines) is 1. The van der Waals surface area contributed by atoms with Crippen LogP contribution in [0.5, 0.6) is 0 Å². The molecular weight excluding hydrogens is 388 g/mol. The summed E-state index contributed by atoms with van der Waals surface area (Å²) in [5.74, 6) is -0.951. The highest BCUT2D eigenvalue weighted by molar-refractivity contribution is 7.89. The van der Waals surface area contributed by atoms with Gasteiger partial charge in [-0.1, -0.05) is 0 Å². The second kappa shape index (κ2) is 6.87. The number of likely N-dealkylation sites (N-methyl/N-ethyl adjacent to an activating group) is 1. The van der Waals surface area contributed by atoms with Crippen molar-refractivity contribution in [3.05, 3.63) is 52.9 Å². The van der Waals surface area contributed by atoms with Crippen molar-refractivity contribution in [2.45, 2.75) is 37.6 Å². The maximum atomic E-state index is 14.3. The van der Waals surface area contributed by atoms with Crippen LogP contribution in [0.4, 0.5) is 8.78 Å². The van der Waals surface area contributed by atoms with E-state index in [2.05, 4.69) is 10.00 Å². The molecule has 2 unspecified atom stereocenters. The fourth-order valence-corrected chi connectivity index (χ4v) is 5.25. The molecule has 2 N–H and O–H groups in total. The minimum atomic E-state index is -3.45. The van der Waals surface area contributed by atoms with Gasteiger partial charge in [0, 0.05) is 42.8 Å². The molecule has 0 bridgehead atoms.